The summed E-state index contributed by atoms with van der Waals surface area (Å²) in [6.07, 6.45) is 0. The molecule has 0 aliphatic carbocycles. The Morgan fingerprint density at radius 1 is 1.00 bits per heavy atom. The first-order valence-corrected chi connectivity index (χ1v) is 12.8. The Kier molecular flexibility index (Phi) is 7.95. The van der Waals surface area contributed by atoms with Crippen molar-refractivity contribution in [3.63, 3.8) is 0 Å². The number of ether oxygens (including phenoxy) is 2. The van der Waals surface area contributed by atoms with Gasteiger partial charge in [0.1, 0.15) is 10.7 Å². The zero-order valence-corrected chi connectivity index (χ0v) is 20.0. The molecule has 2 aromatic carbocycles. The van der Waals surface area contributed by atoms with Crippen LogP contribution in [-0.4, -0.2) is 82.7 Å². The quantitative estimate of drug-likeness (QED) is 0.637. The van der Waals surface area contributed by atoms with E-state index in [9.17, 15) is 17.6 Å². The van der Waals surface area contributed by atoms with E-state index < -0.39 is 26.6 Å². The molecule has 10 heteroatoms. The molecule has 2 fully saturated rings. The number of rotatable bonds is 7. The maximum absolute atomic E-state index is 14.6. The van der Waals surface area contributed by atoms with Crippen molar-refractivity contribution in [2.45, 2.75) is 17.9 Å². The van der Waals surface area contributed by atoms with Crippen molar-refractivity contribution in [1.29, 1.82) is 0 Å². The lowest BCUT2D eigenvalue weighted by Crippen LogP contribution is -2.43. The number of nitrogens with zero attached hydrogens (tertiary/aromatic N) is 2. The first-order chi connectivity index (χ1) is 16.3. The molecule has 2 aliphatic rings. The summed E-state index contributed by atoms with van der Waals surface area (Å²) in [6, 6.07) is 11.1. The van der Waals surface area contributed by atoms with E-state index in [4.69, 9.17) is 9.47 Å². The first kappa shape index (κ1) is 24.7. The van der Waals surface area contributed by atoms with Crippen molar-refractivity contribution in [3.8, 4) is 0 Å². The van der Waals surface area contributed by atoms with Crippen molar-refractivity contribution in [2.75, 3.05) is 59.2 Å². The summed E-state index contributed by atoms with van der Waals surface area (Å²) in [5.41, 5.74) is 2.14. The van der Waals surface area contributed by atoms with Gasteiger partial charge >= 0.3 is 0 Å². The van der Waals surface area contributed by atoms with E-state index >= 15 is 0 Å². The van der Waals surface area contributed by atoms with E-state index in [0.29, 0.717) is 19.8 Å². The average molecular weight is 492 g/mol. The zero-order chi connectivity index (χ0) is 24.1. The number of amides is 1. The van der Waals surface area contributed by atoms with Crippen LogP contribution in [0.15, 0.2) is 47.4 Å². The number of hydrogen-bond donors (Lipinski definition) is 1. The molecule has 8 nitrogen and oxygen atoms in total. The van der Waals surface area contributed by atoms with E-state index in [1.54, 1.807) is 0 Å². The van der Waals surface area contributed by atoms with Crippen LogP contribution in [-0.2, 0) is 19.5 Å². The van der Waals surface area contributed by atoms with Gasteiger partial charge in [-0.3, -0.25) is 9.69 Å². The van der Waals surface area contributed by atoms with E-state index in [2.05, 4.69) is 10.2 Å². The van der Waals surface area contributed by atoms with Gasteiger partial charge in [0.25, 0.3) is 5.91 Å². The number of aryl methyl sites for hydroxylation is 1. The molecule has 1 N–H and O–H groups in total. The van der Waals surface area contributed by atoms with Gasteiger partial charge in [-0.1, -0.05) is 29.8 Å². The van der Waals surface area contributed by atoms with Gasteiger partial charge in [0.15, 0.2) is 0 Å². The summed E-state index contributed by atoms with van der Waals surface area (Å²) in [7, 11) is -4.08. The molecular weight excluding hydrogens is 461 g/mol. The summed E-state index contributed by atoms with van der Waals surface area (Å²) >= 11 is 0. The van der Waals surface area contributed by atoms with Crippen molar-refractivity contribution >= 4 is 15.9 Å². The molecule has 184 valence electrons. The number of benzene rings is 2. The fourth-order valence-electron chi connectivity index (χ4n) is 4.08. The second-order valence-electron chi connectivity index (χ2n) is 8.51. The SMILES string of the molecule is Cc1ccc(C(CN2CCOCC2)NC(=O)c2ccc(F)c(S(=O)(=O)N3CCOCC3)c2)cc1. The zero-order valence-electron chi connectivity index (χ0n) is 19.2. The number of morpholine rings is 2. The lowest BCUT2D eigenvalue weighted by molar-refractivity contribution is 0.0332. The summed E-state index contributed by atoms with van der Waals surface area (Å²) in [4.78, 5) is 14.9. The molecule has 1 unspecified atom stereocenters. The summed E-state index contributed by atoms with van der Waals surface area (Å²) < 4.78 is 52.4. The van der Waals surface area contributed by atoms with Crippen LogP contribution >= 0.6 is 0 Å². The standard InChI is InChI=1S/C24H30FN3O5S/c1-18-2-4-19(5-3-18)22(17-27-8-12-32-13-9-27)26-24(29)20-6-7-21(25)23(16-20)34(30,31)28-10-14-33-15-11-28/h2-7,16,22H,8-15,17H2,1H3,(H,26,29). The minimum atomic E-state index is -4.08. The Morgan fingerprint density at radius 3 is 2.26 bits per heavy atom. The maximum Gasteiger partial charge on any atom is 0.251 e. The van der Waals surface area contributed by atoms with Gasteiger partial charge in [0, 0.05) is 38.3 Å². The predicted octanol–water partition coefficient (Wildman–Crippen LogP) is 1.96. The number of carbonyl (C=O) groups excluding carboxylic acids is 1. The second-order valence-corrected chi connectivity index (χ2v) is 10.4. The Balaban J connectivity index is 1.57. The monoisotopic (exact) mass is 491 g/mol. The second kappa shape index (κ2) is 10.9. The smallest absolute Gasteiger partial charge is 0.251 e. The molecule has 2 heterocycles. The van der Waals surface area contributed by atoms with Gasteiger partial charge in [-0.25, -0.2) is 12.8 Å². The van der Waals surface area contributed by atoms with Crippen LogP contribution in [0, 0.1) is 12.7 Å². The molecule has 1 amide bonds. The molecule has 0 aromatic heterocycles. The molecule has 2 aromatic rings. The molecule has 0 saturated carbocycles. The van der Waals surface area contributed by atoms with E-state index in [-0.39, 0.29) is 37.9 Å². The van der Waals surface area contributed by atoms with Gasteiger partial charge < -0.3 is 14.8 Å². The molecule has 0 spiro atoms. The molecule has 2 aliphatic heterocycles. The van der Waals surface area contributed by atoms with Crippen molar-refractivity contribution in [2.24, 2.45) is 0 Å². The highest BCUT2D eigenvalue weighted by molar-refractivity contribution is 7.89. The highest BCUT2D eigenvalue weighted by Crippen LogP contribution is 2.23. The van der Waals surface area contributed by atoms with Crippen LogP contribution in [0.3, 0.4) is 0 Å². The molecule has 0 radical (unpaired) electrons. The molecule has 0 bridgehead atoms. The van der Waals surface area contributed by atoms with Gasteiger partial charge in [0.05, 0.1) is 32.5 Å². The lowest BCUT2D eigenvalue weighted by Gasteiger charge is -2.31. The minimum absolute atomic E-state index is 0.0901. The Labute approximate surface area is 199 Å². The fourth-order valence-corrected chi connectivity index (χ4v) is 5.58. The summed E-state index contributed by atoms with van der Waals surface area (Å²) in [5, 5.41) is 3.02. The van der Waals surface area contributed by atoms with Crippen LogP contribution in [0.2, 0.25) is 0 Å². The van der Waals surface area contributed by atoms with Gasteiger partial charge in [0.2, 0.25) is 10.0 Å². The highest BCUT2D eigenvalue weighted by atomic mass is 32.2. The number of hydrogen-bond acceptors (Lipinski definition) is 6. The number of sulfonamides is 1. The van der Waals surface area contributed by atoms with Crippen LogP contribution in [0.4, 0.5) is 4.39 Å². The Bertz CT molecular complexity index is 1100. The van der Waals surface area contributed by atoms with Crippen LogP contribution < -0.4 is 5.32 Å². The first-order valence-electron chi connectivity index (χ1n) is 11.4. The minimum Gasteiger partial charge on any atom is -0.379 e. The van der Waals surface area contributed by atoms with Crippen molar-refractivity contribution < 1.29 is 27.1 Å². The molecule has 2 saturated heterocycles. The third-order valence-corrected chi connectivity index (χ3v) is 8.02. The maximum atomic E-state index is 14.6. The average Bonchev–Trinajstić information content (AvgIpc) is 2.85. The van der Waals surface area contributed by atoms with Crippen LogP contribution in [0.25, 0.3) is 0 Å². The number of nitrogens with one attached hydrogen (secondary N) is 1. The number of halogens is 1. The van der Waals surface area contributed by atoms with Crippen molar-refractivity contribution in [3.05, 3.63) is 65.0 Å². The van der Waals surface area contributed by atoms with E-state index in [0.717, 1.165) is 36.3 Å². The number of carbonyl (C=O) groups is 1. The highest BCUT2D eigenvalue weighted by Gasteiger charge is 2.30. The summed E-state index contributed by atoms with van der Waals surface area (Å²) in [6.45, 7) is 6.16. The van der Waals surface area contributed by atoms with E-state index in [1.807, 2.05) is 31.2 Å². The normalized spacial score (nSPS) is 19.0. The third-order valence-electron chi connectivity index (χ3n) is 6.11. The molecule has 4 rings (SSSR count). The molecular formula is C24H30FN3O5S. The fraction of sp³-hybridized carbons (Fsp3) is 0.458. The van der Waals surface area contributed by atoms with Gasteiger partial charge in [-0.05, 0) is 30.7 Å². The summed E-state index contributed by atoms with van der Waals surface area (Å²) in [5.74, 6) is -1.34. The topological polar surface area (TPSA) is 88.2 Å². The molecule has 34 heavy (non-hydrogen) atoms. The van der Waals surface area contributed by atoms with Gasteiger partial charge in [-0.2, -0.15) is 4.31 Å². The predicted molar refractivity (Wildman–Crippen MR) is 125 cm³/mol. The molecule has 1 atom stereocenters. The van der Waals surface area contributed by atoms with Crippen LogP contribution in [0.5, 0.6) is 0 Å². The van der Waals surface area contributed by atoms with Crippen molar-refractivity contribution in [1.82, 2.24) is 14.5 Å². The lowest BCUT2D eigenvalue weighted by atomic mass is 10.0. The Hall–Kier alpha value is -2.37. The van der Waals surface area contributed by atoms with Crippen LogP contribution in [0.1, 0.15) is 27.5 Å². The van der Waals surface area contributed by atoms with Gasteiger partial charge in [-0.15, -0.1) is 0 Å². The largest absolute Gasteiger partial charge is 0.379 e. The van der Waals surface area contributed by atoms with E-state index in [1.165, 1.54) is 10.4 Å². The third kappa shape index (κ3) is 5.81. The Morgan fingerprint density at radius 2 is 1.62 bits per heavy atom.